The van der Waals surface area contributed by atoms with Crippen molar-refractivity contribution in [1.82, 2.24) is 9.97 Å². The molecule has 1 aromatic carbocycles. The summed E-state index contributed by atoms with van der Waals surface area (Å²) in [4.78, 5) is 7.55. The molecule has 14 heavy (non-hydrogen) atoms. The van der Waals surface area contributed by atoms with Crippen LogP contribution in [-0.4, -0.2) is 15.7 Å². The molecule has 0 radical (unpaired) electrons. The van der Waals surface area contributed by atoms with Crippen LogP contribution in [0.1, 0.15) is 11.4 Å². The summed E-state index contributed by atoms with van der Waals surface area (Å²) in [7, 11) is 0. The molecule has 0 aliphatic heterocycles. The molecule has 0 spiro atoms. The van der Waals surface area contributed by atoms with Crippen molar-refractivity contribution >= 4 is 29.7 Å². The summed E-state index contributed by atoms with van der Waals surface area (Å²) in [6.45, 7) is 1.96. The Balaban J connectivity index is 2.45. The smallest absolute Gasteiger partial charge is 0.104 e. The van der Waals surface area contributed by atoms with Crippen molar-refractivity contribution in [1.29, 1.82) is 0 Å². The number of thiol groups is 1. The highest BCUT2D eigenvalue weighted by molar-refractivity contribution is 7.80. The third kappa shape index (κ3) is 1.82. The number of rotatable bonds is 2. The molecule has 1 heterocycles. The number of aromatic nitrogens is 2. The third-order valence-corrected chi connectivity index (χ3v) is 2.25. The summed E-state index contributed by atoms with van der Waals surface area (Å²) in [6, 6.07) is 6.18. The lowest BCUT2D eigenvalue weighted by atomic mass is 10.2. The number of imidazole rings is 1. The summed E-state index contributed by atoms with van der Waals surface area (Å²) >= 11 is 4.12. The molecule has 1 N–H and O–H groups in total. The van der Waals surface area contributed by atoms with E-state index >= 15 is 0 Å². The highest BCUT2D eigenvalue weighted by Gasteiger charge is 1.98. The lowest BCUT2D eigenvalue weighted by Gasteiger charge is -1.92. The van der Waals surface area contributed by atoms with Gasteiger partial charge in [0.2, 0.25) is 0 Å². The maximum Gasteiger partial charge on any atom is 0.104 e. The van der Waals surface area contributed by atoms with Gasteiger partial charge >= 0.3 is 0 Å². The van der Waals surface area contributed by atoms with Gasteiger partial charge in [-0.3, -0.25) is 0 Å². The topological polar surface area (TPSA) is 28.7 Å². The average molecular weight is 204 g/mol. The molecule has 0 fully saturated rings. The van der Waals surface area contributed by atoms with E-state index in [9.17, 15) is 0 Å². The Bertz CT molecular complexity index is 471. The highest BCUT2D eigenvalue weighted by atomic mass is 32.1. The van der Waals surface area contributed by atoms with Crippen molar-refractivity contribution in [2.24, 2.45) is 0 Å². The van der Waals surface area contributed by atoms with Crippen LogP contribution in [-0.2, 0) is 0 Å². The van der Waals surface area contributed by atoms with Crippen LogP contribution in [0.2, 0.25) is 0 Å². The monoisotopic (exact) mass is 204 g/mol. The number of nitrogens with zero attached hydrogens (tertiary/aromatic N) is 1. The predicted molar refractivity (Wildman–Crippen MR) is 63.7 cm³/mol. The van der Waals surface area contributed by atoms with E-state index in [0.29, 0.717) is 0 Å². The van der Waals surface area contributed by atoms with Crippen molar-refractivity contribution in [3.05, 3.63) is 35.7 Å². The fourth-order valence-corrected chi connectivity index (χ4v) is 1.55. The first-order valence-electron chi connectivity index (χ1n) is 4.53. The van der Waals surface area contributed by atoms with Gasteiger partial charge in [0, 0.05) is 5.75 Å². The average Bonchev–Trinajstić information content (AvgIpc) is 2.54. The van der Waals surface area contributed by atoms with Gasteiger partial charge in [0.15, 0.2) is 0 Å². The molecule has 0 saturated carbocycles. The van der Waals surface area contributed by atoms with E-state index < -0.39 is 0 Å². The van der Waals surface area contributed by atoms with Crippen LogP contribution in [0.5, 0.6) is 0 Å². The summed E-state index contributed by atoms with van der Waals surface area (Å²) in [5.74, 6) is 1.72. The van der Waals surface area contributed by atoms with Gasteiger partial charge in [0.1, 0.15) is 5.82 Å². The maximum absolute atomic E-state index is 4.34. The Hall–Kier alpha value is -1.22. The zero-order chi connectivity index (χ0) is 9.97. The number of hydrogen-bond donors (Lipinski definition) is 2. The van der Waals surface area contributed by atoms with E-state index in [1.807, 2.05) is 19.1 Å². The maximum atomic E-state index is 4.34. The Labute approximate surface area is 88.5 Å². The second-order valence-electron chi connectivity index (χ2n) is 3.18. The van der Waals surface area contributed by atoms with Gasteiger partial charge in [0.25, 0.3) is 0 Å². The minimum atomic E-state index is 0.764. The number of benzene rings is 1. The first-order chi connectivity index (χ1) is 6.79. The van der Waals surface area contributed by atoms with Gasteiger partial charge in [-0.1, -0.05) is 18.2 Å². The Morgan fingerprint density at radius 1 is 1.50 bits per heavy atom. The number of aryl methyl sites for hydroxylation is 1. The molecule has 0 amide bonds. The predicted octanol–water partition coefficient (Wildman–Crippen LogP) is 2.81. The van der Waals surface area contributed by atoms with Crippen molar-refractivity contribution < 1.29 is 0 Å². The molecular weight excluding hydrogens is 192 g/mol. The third-order valence-electron chi connectivity index (χ3n) is 2.04. The van der Waals surface area contributed by atoms with Gasteiger partial charge in [-0.25, -0.2) is 4.98 Å². The summed E-state index contributed by atoms with van der Waals surface area (Å²) in [5.41, 5.74) is 3.28. The molecule has 0 bridgehead atoms. The SMILES string of the molecule is Cc1nc2ccc(C=CCS)cc2[nH]1. The fraction of sp³-hybridized carbons (Fsp3) is 0.182. The number of aromatic amines is 1. The zero-order valence-corrected chi connectivity index (χ0v) is 8.88. The number of nitrogens with one attached hydrogen (secondary N) is 1. The quantitative estimate of drug-likeness (QED) is 0.723. The van der Waals surface area contributed by atoms with Gasteiger partial charge < -0.3 is 4.98 Å². The molecular formula is C11H12N2S. The van der Waals surface area contributed by atoms with Crippen LogP contribution >= 0.6 is 12.6 Å². The van der Waals surface area contributed by atoms with E-state index in [2.05, 4.69) is 40.8 Å². The first kappa shape index (κ1) is 9.34. The van der Waals surface area contributed by atoms with Gasteiger partial charge in [-0.05, 0) is 24.6 Å². The van der Waals surface area contributed by atoms with Crippen LogP contribution < -0.4 is 0 Å². The minimum absolute atomic E-state index is 0.764. The standard InChI is InChI=1S/C11H12N2S/c1-8-12-10-5-4-9(3-2-6-14)7-11(10)13-8/h2-5,7,14H,6H2,1H3,(H,12,13). The molecule has 72 valence electrons. The van der Waals surface area contributed by atoms with Crippen molar-refractivity contribution in [2.75, 3.05) is 5.75 Å². The molecule has 1 aromatic heterocycles. The van der Waals surface area contributed by atoms with Gasteiger partial charge in [-0.15, -0.1) is 0 Å². The van der Waals surface area contributed by atoms with E-state index in [1.54, 1.807) is 0 Å². The van der Waals surface area contributed by atoms with E-state index in [0.717, 1.165) is 22.6 Å². The van der Waals surface area contributed by atoms with Crippen molar-refractivity contribution in [3.8, 4) is 0 Å². The molecule has 0 atom stereocenters. The lowest BCUT2D eigenvalue weighted by Crippen LogP contribution is -1.73. The zero-order valence-electron chi connectivity index (χ0n) is 7.99. The summed E-state index contributed by atoms with van der Waals surface area (Å²) in [6.07, 6.45) is 4.08. The van der Waals surface area contributed by atoms with Crippen molar-refractivity contribution in [2.45, 2.75) is 6.92 Å². The molecule has 0 aliphatic rings. The Kier molecular flexibility index (Phi) is 2.59. The molecule has 3 heteroatoms. The van der Waals surface area contributed by atoms with E-state index in [4.69, 9.17) is 0 Å². The molecule has 2 rings (SSSR count). The summed E-state index contributed by atoms with van der Waals surface area (Å²) < 4.78 is 0. The second kappa shape index (κ2) is 3.88. The number of fused-ring (bicyclic) bond motifs is 1. The molecule has 0 unspecified atom stereocenters. The Morgan fingerprint density at radius 2 is 2.36 bits per heavy atom. The minimum Gasteiger partial charge on any atom is -0.342 e. The molecule has 0 saturated heterocycles. The van der Waals surface area contributed by atoms with E-state index in [-0.39, 0.29) is 0 Å². The van der Waals surface area contributed by atoms with Crippen LogP contribution in [0.3, 0.4) is 0 Å². The number of H-pyrrole nitrogens is 1. The summed E-state index contributed by atoms with van der Waals surface area (Å²) in [5, 5.41) is 0. The molecule has 2 aromatic rings. The second-order valence-corrected chi connectivity index (χ2v) is 3.55. The molecule has 0 aliphatic carbocycles. The first-order valence-corrected chi connectivity index (χ1v) is 5.16. The highest BCUT2D eigenvalue weighted by Crippen LogP contribution is 2.14. The normalized spacial score (nSPS) is 11.6. The van der Waals surface area contributed by atoms with Crippen molar-refractivity contribution in [3.63, 3.8) is 0 Å². The number of hydrogen-bond acceptors (Lipinski definition) is 2. The fourth-order valence-electron chi connectivity index (χ4n) is 1.45. The lowest BCUT2D eigenvalue weighted by molar-refractivity contribution is 1.17. The van der Waals surface area contributed by atoms with Gasteiger partial charge in [-0.2, -0.15) is 12.6 Å². The van der Waals surface area contributed by atoms with Crippen LogP contribution in [0, 0.1) is 6.92 Å². The Morgan fingerprint density at radius 3 is 3.14 bits per heavy atom. The molecule has 2 nitrogen and oxygen atoms in total. The van der Waals surface area contributed by atoms with Crippen LogP contribution in [0.25, 0.3) is 17.1 Å². The largest absolute Gasteiger partial charge is 0.342 e. The van der Waals surface area contributed by atoms with Crippen LogP contribution in [0.15, 0.2) is 24.3 Å². The van der Waals surface area contributed by atoms with Crippen LogP contribution in [0.4, 0.5) is 0 Å². The van der Waals surface area contributed by atoms with Gasteiger partial charge in [0.05, 0.1) is 11.0 Å². The van der Waals surface area contributed by atoms with E-state index in [1.165, 1.54) is 5.56 Å².